The van der Waals surface area contributed by atoms with Gasteiger partial charge in [-0.3, -0.25) is 9.59 Å². The summed E-state index contributed by atoms with van der Waals surface area (Å²) >= 11 is 0. The van der Waals surface area contributed by atoms with Gasteiger partial charge in [-0.1, -0.05) is 0 Å². The van der Waals surface area contributed by atoms with E-state index in [0.29, 0.717) is 0 Å². The van der Waals surface area contributed by atoms with Crippen LogP contribution in [0.1, 0.15) is 6.92 Å². The van der Waals surface area contributed by atoms with Crippen molar-refractivity contribution in [3.05, 3.63) is 0 Å². The number of carbonyl (C=O) groups excluding carboxylic acids is 2. The lowest BCUT2D eigenvalue weighted by atomic mass is 9.97. The summed E-state index contributed by atoms with van der Waals surface area (Å²) < 4.78 is 10.6. The van der Waals surface area contributed by atoms with Crippen molar-refractivity contribution in [1.29, 1.82) is 0 Å². The molecule has 1 saturated heterocycles. The van der Waals surface area contributed by atoms with Crippen LogP contribution in [0.15, 0.2) is 0 Å². The van der Waals surface area contributed by atoms with E-state index < -0.39 is 6.10 Å². The molecule has 0 radical (unpaired) electrons. The summed E-state index contributed by atoms with van der Waals surface area (Å²) in [7, 11) is 6.52. The van der Waals surface area contributed by atoms with Gasteiger partial charge in [0.25, 0.3) is 5.91 Å². The SMILES string of the molecule is CB1OC(C)C(C(=O)N(C)C)O1.CN(C)C=O. The molecule has 1 fully saturated rings. The largest absolute Gasteiger partial charge is 0.454 e. The summed E-state index contributed by atoms with van der Waals surface area (Å²) in [6, 6.07) is 0. The van der Waals surface area contributed by atoms with Crippen LogP contribution in [-0.4, -0.2) is 69.6 Å². The van der Waals surface area contributed by atoms with Crippen LogP contribution in [0.4, 0.5) is 0 Å². The van der Waals surface area contributed by atoms with Gasteiger partial charge >= 0.3 is 7.12 Å². The zero-order chi connectivity index (χ0) is 13.6. The Bertz CT molecular complexity index is 261. The van der Waals surface area contributed by atoms with Crippen LogP contribution in [0.2, 0.25) is 6.82 Å². The number of nitrogens with zero attached hydrogens (tertiary/aromatic N) is 2. The number of amides is 2. The van der Waals surface area contributed by atoms with E-state index >= 15 is 0 Å². The molecule has 0 saturated carbocycles. The summed E-state index contributed by atoms with van der Waals surface area (Å²) in [6.45, 7) is 3.63. The standard InChI is InChI=1S/C7H14BNO3.C3H7NO/c1-5-6(7(10)9(3)4)12-8(2)11-5;1-4(2)3-5/h5-6H,1-4H3;3H,1-2H3. The van der Waals surface area contributed by atoms with Crippen molar-refractivity contribution < 1.29 is 18.9 Å². The number of rotatable bonds is 2. The van der Waals surface area contributed by atoms with Gasteiger partial charge in [0.15, 0.2) is 0 Å². The zero-order valence-corrected chi connectivity index (χ0v) is 11.3. The fraction of sp³-hybridized carbons (Fsp3) is 0.800. The Labute approximate surface area is 103 Å². The third-order valence-corrected chi connectivity index (χ3v) is 2.07. The molecule has 0 aromatic carbocycles. The van der Waals surface area contributed by atoms with E-state index in [-0.39, 0.29) is 19.1 Å². The van der Waals surface area contributed by atoms with Crippen LogP contribution >= 0.6 is 0 Å². The van der Waals surface area contributed by atoms with Gasteiger partial charge in [0.05, 0.1) is 6.10 Å². The molecule has 1 rings (SSSR count). The molecule has 7 heteroatoms. The van der Waals surface area contributed by atoms with Crippen molar-refractivity contribution in [1.82, 2.24) is 9.80 Å². The molecule has 0 bridgehead atoms. The minimum atomic E-state index is -0.435. The Morgan fingerprint density at radius 3 is 1.94 bits per heavy atom. The summed E-state index contributed by atoms with van der Waals surface area (Å²) in [5.74, 6) is -0.0353. The van der Waals surface area contributed by atoms with E-state index in [1.165, 1.54) is 9.80 Å². The van der Waals surface area contributed by atoms with Gasteiger partial charge in [-0.05, 0) is 13.7 Å². The van der Waals surface area contributed by atoms with Crippen LogP contribution in [-0.2, 0) is 18.9 Å². The Kier molecular flexibility index (Phi) is 6.83. The first-order chi connectivity index (χ1) is 7.79. The Morgan fingerprint density at radius 1 is 1.24 bits per heavy atom. The van der Waals surface area contributed by atoms with Crippen molar-refractivity contribution in [2.45, 2.75) is 26.0 Å². The predicted octanol–water partition coefficient (Wildman–Crippen LogP) is -0.299. The van der Waals surface area contributed by atoms with Crippen molar-refractivity contribution in [3.63, 3.8) is 0 Å². The Hall–Kier alpha value is -1.08. The quantitative estimate of drug-likeness (QED) is 0.494. The van der Waals surface area contributed by atoms with E-state index in [9.17, 15) is 9.59 Å². The molecule has 1 aliphatic rings. The van der Waals surface area contributed by atoms with Crippen LogP contribution in [0.3, 0.4) is 0 Å². The highest BCUT2D eigenvalue weighted by Gasteiger charge is 2.38. The molecule has 0 N–H and O–H groups in total. The maximum absolute atomic E-state index is 11.4. The average molecular weight is 244 g/mol. The third-order valence-electron chi connectivity index (χ3n) is 2.07. The normalized spacial score (nSPS) is 22.6. The van der Waals surface area contributed by atoms with Crippen LogP contribution in [0, 0.1) is 0 Å². The fourth-order valence-corrected chi connectivity index (χ4v) is 1.24. The molecule has 0 aliphatic carbocycles. The maximum atomic E-state index is 11.4. The molecule has 17 heavy (non-hydrogen) atoms. The third kappa shape index (κ3) is 5.69. The molecule has 0 aromatic heterocycles. The second kappa shape index (κ2) is 7.29. The van der Waals surface area contributed by atoms with Gasteiger partial charge < -0.3 is 19.1 Å². The predicted molar refractivity (Wildman–Crippen MR) is 65.5 cm³/mol. The van der Waals surface area contributed by atoms with Gasteiger partial charge in [0.2, 0.25) is 6.41 Å². The first-order valence-electron chi connectivity index (χ1n) is 5.43. The lowest BCUT2D eigenvalue weighted by Crippen LogP contribution is -2.38. The van der Waals surface area contributed by atoms with Gasteiger partial charge in [-0.25, -0.2) is 0 Å². The monoisotopic (exact) mass is 244 g/mol. The van der Waals surface area contributed by atoms with Crippen LogP contribution in [0.5, 0.6) is 0 Å². The minimum Gasteiger partial charge on any atom is -0.406 e. The number of hydrogen-bond acceptors (Lipinski definition) is 4. The summed E-state index contributed by atoms with van der Waals surface area (Å²) in [6.07, 6.45) is 0.171. The zero-order valence-electron chi connectivity index (χ0n) is 11.3. The molecule has 0 spiro atoms. The van der Waals surface area contributed by atoms with Crippen LogP contribution < -0.4 is 0 Å². The smallest absolute Gasteiger partial charge is 0.406 e. The Balaban J connectivity index is 0.000000437. The first kappa shape index (κ1) is 15.9. The van der Waals surface area contributed by atoms with Crippen LogP contribution in [0.25, 0.3) is 0 Å². The first-order valence-corrected chi connectivity index (χ1v) is 5.43. The van der Waals surface area contributed by atoms with Crippen molar-refractivity contribution in [2.75, 3.05) is 28.2 Å². The lowest BCUT2D eigenvalue weighted by molar-refractivity contribution is -0.136. The molecule has 1 aliphatic heterocycles. The van der Waals surface area contributed by atoms with E-state index in [4.69, 9.17) is 9.31 Å². The second-order valence-electron chi connectivity index (χ2n) is 4.27. The van der Waals surface area contributed by atoms with Crippen molar-refractivity contribution in [3.8, 4) is 0 Å². The minimum absolute atomic E-state index is 0.0353. The number of likely N-dealkylation sites (N-methyl/N-ethyl adjacent to an activating group) is 1. The summed E-state index contributed by atoms with van der Waals surface area (Å²) in [5, 5.41) is 0. The topological polar surface area (TPSA) is 59.1 Å². The van der Waals surface area contributed by atoms with Gasteiger partial charge in [0, 0.05) is 28.2 Å². The highest BCUT2D eigenvalue weighted by molar-refractivity contribution is 6.43. The second-order valence-corrected chi connectivity index (χ2v) is 4.27. The summed E-state index contributed by atoms with van der Waals surface area (Å²) in [5.41, 5.74) is 0. The molecule has 2 amide bonds. The molecular weight excluding hydrogens is 223 g/mol. The lowest BCUT2D eigenvalue weighted by Gasteiger charge is -2.18. The fourth-order valence-electron chi connectivity index (χ4n) is 1.24. The van der Waals surface area contributed by atoms with Gasteiger partial charge in [-0.15, -0.1) is 0 Å². The van der Waals surface area contributed by atoms with Crippen molar-refractivity contribution >= 4 is 19.4 Å². The molecule has 98 valence electrons. The van der Waals surface area contributed by atoms with E-state index in [0.717, 1.165) is 6.41 Å². The molecule has 6 nitrogen and oxygen atoms in total. The highest BCUT2D eigenvalue weighted by Crippen LogP contribution is 2.17. The molecule has 2 unspecified atom stereocenters. The maximum Gasteiger partial charge on any atom is 0.454 e. The van der Waals surface area contributed by atoms with E-state index in [2.05, 4.69) is 0 Å². The molecular formula is C10H21BN2O4. The number of carbonyl (C=O) groups is 2. The highest BCUT2D eigenvalue weighted by atomic mass is 16.7. The molecule has 1 heterocycles. The van der Waals surface area contributed by atoms with E-state index in [1.807, 2.05) is 6.92 Å². The average Bonchev–Trinajstić information content (AvgIpc) is 2.57. The van der Waals surface area contributed by atoms with E-state index in [1.54, 1.807) is 35.0 Å². The molecule has 0 aromatic rings. The number of hydrogen-bond donors (Lipinski definition) is 0. The van der Waals surface area contributed by atoms with Gasteiger partial charge in [0.1, 0.15) is 6.10 Å². The van der Waals surface area contributed by atoms with Gasteiger partial charge in [-0.2, -0.15) is 0 Å². The Morgan fingerprint density at radius 2 is 1.71 bits per heavy atom. The van der Waals surface area contributed by atoms with Crippen molar-refractivity contribution in [2.24, 2.45) is 0 Å². The molecule has 2 atom stereocenters. The summed E-state index contributed by atoms with van der Waals surface area (Å²) in [4.78, 5) is 23.8.